The number of hydrogen-bond acceptors (Lipinski definition) is 3. The molecule has 0 bridgehead atoms. The summed E-state index contributed by atoms with van der Waals surface area (Å²) in [7, 11) is 0. The molecule has 2 N–H and O–H groups in total. The van der Waals surface area contributed by atoms with Crippen LogP contribution in [-0.4, -0.2) is 28.5 Å². The Hall–Kier alpha value is -3.22. The molecule has 0 saturated heterocycles. The number of aliphatic carboxylic acids is 1. The van der Waals surface area contributed by atoms with Crippen molar-refractivity contribution >= 4 is 50.3 Å². The summed E-state index contributed by atoms with van der Waals surface area (Å²) < 4.78 is 0.840. The van der Waals surface area contributed by atoms with E-state index in [-0.39, 0.29) is 18.9 Å². The smallest absolute Gasteiger partial charge is 0.304 e. The van der Waals surface area contributed by atoms with Crippen LogP contribution in [0.2, 0.25) is 5.02 Å². The van der Waals surface area contributed by atoms with Gasteiger partial charge in [0.1, 0.15) is 0 Å². The maximum Gasteiger partial charge on any atom is 0.304 e. The predicted octanol–water partition coefficient (Wildman–Crippen LogP) is 6.61. The van der Waals surface area contributed by atoms with Crippen LogP contribution in [-0.2, 0) is 4.79 Å². The summed E-state index contributed by atoms with van der Waals surface area (Å²) in [5.41, 5.74) is 4.45. The molecule has 0 radical (unpaired) electrons. The quantitative estimate of drug-likeness (QED) is 0.278. The second kappa shape index (κ2) is 10.4. The summed E-state index contributed by atoms with van der Waals surface area (Å²) in [6.45, 7) is 2.06. The van der Waals surface area contributed by atoms with Crippen molar-refractivity contribution in [2.75, 3.05) is 6.54 Å². The highest BCUT2D eigenvalue weighted by Crippen LogP contribution is 2.31. The van der Waals surface area contributed by atoms with Crippen LogP contribution < -0.4 is 5.32 Å². The Labute approximate surface area is 210 Å². The fourth-order valence-corrected chi connectivity index (χ4v) is 4.55. The average Bonchev–Trinajstić information content (AvgIpc) is 2.82. The maximum atomic E-state index is 13.5. The molecular weight excluding hydrogens is 516 g/mol. The molecule has 172 valence electrons. The third kappa shape index (κ3) is 5.29. The number of fused-ring (bicyclic) bond motifs is 1. The van der Waals surface area contributed by atoms with Crippen LogP contribution in [0.25, 0.3) is 22.2 Å². The Morgan fingerprint density at radius 2 is 1.76 bits per heavy atom. The first-order valence-electron chi connectivity index (χ1n) is 10.7. The third-order valence-electron chi connectivity index (χ3n) is 5.74. The Kier molecular flexibility index (Phi) is 7.29. The highest BCUT2D eigenvalue weighted by Gasteiger charge is 2.22. The molecule has 3 aromatic carbocycles. The minimum atomic E-state index is -0.935. The third-order valence-corrected chi connectivity index (χ3v) is 6.48. The van der Waals surface area contributed by atoms with Crippen molar-refractivity contribution < 1.29 is 14.7 Å². The number of pyridine rings is 1. The maximum absolute atomic E-state index is 13.5. The summed E-state index contributed by atoms with van der Waals surface area (Å²) in [5, 5.41) is 13.7. The van der Waals surface area contributed by atoms with Crippen molar-refractivity contribution in [1.82, 2.24) is 10.3 Å². The van der Waals surface area contributed by atoms with Gasteiger partial charge in [0, 0.05) is 32.9 Å². The molecule has 0 aliphatic rings. The second-order valence-electron chi connectivity index (χ2n) is 8.04. The number of hydrogen-bond donors (Lipinski definition) is 2. The summed E-state index contributed by atoms with van der Waals surface area (Å²) in [6.07, 6.45) is -0.112. The fraction of sp³-hybridized carbons (Fsp3) is 0.148. The van der Waals surface area contributed by atoms with Gasteiger partial charge in [0.05, 0.1) is 23.2 Å². The molecule has 0 fully saturated rings. The zero-order valence-electron chi connectivity index (χ0n) is 18.4. The van der Waals surface area contributed by atoms with Crippen LogP contribution >= 0.6 is 27.5 Å². The lowest BCUT2D eigenvalue weighted by Crippen LogP contribution is -2.30. The zero-order chi connectivity index (χ0) is 24.2. The van der Waals surface area contributed by atoms with E-state index in [1.807, 2.05) is 55.5 Å². The highest BCUT2D eigenvalue weighted by atomic mass is 79.9. The molecule has 34 heavy (non-hydrogen) atoms. The van der Waals surface area contributed by atoms with Crippen molar-refractivity contribution in [1.29, 1.82) is 0 Å². The molecule has 1 atom stereocenters. The van der Waals surface area contributed by atoms with E-state index in [0.717, 1.165) is 32.2 Å². The molecule has 5 nitrogen and oxygen atoms in total. The van der Waals surface area contributed by atoms with Gasteiger partial charge < -0.3 is 10.4 Å². The lowest BCUT2D eigenvalue weighted by molar-refractivity contribution is -0.137. The monoisotopic (exact) mass is 536 g/mol. The number of carbonyl (C=O) groups excluding carboxylic acids is 1. The molecule has 1 unspecified atom stereocenters. The van der Waals surface area contributed by atoms with E-state index >= 15 is 0 Å². The minimum absolute atomic E-state index is 0.112. The number of benzene rings is 3. The predicted molar refractivity (Wildman–Crippen MR) is 138 cm³/mol. The molecule has 4 rings (SSSR count). The van der Waals surface area contributed by atoms with Crippen molar-refractivity contribution in [2.45, 2.75) is 19.3 Å². The molecule has 0 saturated carbocycles. The first-order valence-corrected chi connectivity index (χ1v) is 11.9. The van der Waals surface area contributed by atoms with Crippen LogP contribution in [0.5, 0.6) is 0 Å². The first kappa shape index (κ1) is 23.9. The molecule has 1 aromatic heterocycles. The molecular formula is C27H22BrClN2O3. The van der Waals surface area contributed by atoms with E-state index in [2.05, 4.69) is 21.2 Å². The number of nitrogens with one attached hydrogen (secondary N) is 1. The molecule has 1 amide bonds. The van der Waals surface area contributed by atoms with Crippen molar-refractivity contribution in [2.24, 2.45) is 0 Å². The Bertz CT molecular complexity index is 1360. The van der Waals surface area contributed by atoms with Crippen LogP contribution in [0.3, 0.4) is 0 Å². The lowest BCUT2D eigenvalue weighted by Gasteiger charge is -2.19. The summed E-state index contributed by atoms with van der Waals surface area (Å²) in [4.78, 5) is 29.8. The standard InChI is InChI=1S/C27H22BrClN2O3/c1-16-25(27(34)30-15-19(13-24(32)33)17-7-10-21(29)11-8-17)22-14-20(28)9-12-23(22)31-26(16)18-5-3-2-4-6-18/h2-12,14,19H,13,15H2,1H3,(H,30,34)(H,32,33). The number of aromatic nitrogens is 1. The van der Waals surface area contributed by atoms with Crippen molar-refractivity contribution in [3.05, 3.63) is 99.0 Å². The Balaban J connectivity index is 1.72. The second-order valence-corrected chi connectivity index (χ2v) is 9.40. The number of carbonyl (C=O) groups is 2. The van der Waals surface area contributed by atoms with E-state index in [4.69, 9.17) is 16.6 Å². The SMILES string of the molecule is Cc1c(-c2ccccc2)nc2ccc(Br)cc2c1C(=O)NCC(CC(=O)O)c1ccc(Cl)cc1. The van der Waals surface area contributed by atoms with E-state index in [9.17, 15) is 14.7 Å². The van der Waals surface area contributed by atoms with Gasteiger partial charge in [-0.1, -0.05) is 70.0 Å². The van der Waals surface area contributed by atoms with Crippen LogP contribution in [0.15, 0.2) is 77.3 Å². The number of amides is 1. The minimum Gasteiger partial charge on any atom is -0.481 e. The average molecular weight is 538 g/mol. The van der Waals surface area contributed by atoms with Crippen LogP contribution in [0.1, 0.15) is 33.8 Å². The van der Waals surface area contributed by atoms with Gasteiger partial charge in [0.2, 0.25) is 0 Å². The van der Waals surface area contributed by atoms with Gasteiger partial charge in [0.15, 0.2) is 0 Å². The number of carboxylic acids is 1. The number of halogens is 2. The highest BCUT2D eigenvalue weighted by molar-refractivity contribution is 9.10. The van der Waals surface area contributed by atoms with Gasteiger partial charge in [-0.3, -0.25) is 9.59 Å². The van der Waals surface area contributed by atoms with E-state index < -0.39 is 11.9 Å². The van der Waals surface area contributed by atoms with Gasteiger partial charge in [0.25, 0.3) is 5.91 Å². The number of nitrogens with zero attached hydrogens (tertiary/aromatic N) is 1. The topological polar surface area (TPSA) is 79.3 Å². The van der Waals surface area contributed by atoms with E-state index in [1.165, 1.54) is 0 Å². The van der Waals surface area contributed by atoms with Crippen LogP contribution in [0.4, 0.5) is 0 Å². The van der Waals surface area contributed by atoms with Crippen molar-refractivity contribution in [3.63, 3.8) is 0 Å². The Morgan fingerprint density at radius 1 is 1.06 bits per heavy atom. The summed E-state index contributed by atoms with van der Waals surface area (Å²) in [6, 6.07) is 22.4. The van der Waals surface area contributed by atoms with Crippen LogP contribution in [0, 0.1) is 6.92 Å². The molecule has 0 aliphatic carbocycles. The molecule has 7 heteroatoms. The normalized spacial score (nSPS) is 11.9. The van der Waals surface area contributed by atoms with E-state index in [1.54, 1.807) is 24.3 Å². The van der Waals surface area contributed by atoms with Gasteiger partial charge in [-0.25, -0.2) is 4.98 Å². The zero-order valence-corrected chi connectivity index (χ0v) is 20.7. The molecule has 0 spiro atoms. The number of carboxylic acid groups (broad SMARTS) is 1. The first-order chi connectivity index (χ1) is 16.3. The van der Waals surface area contributed by atoms with Gasteiger partial charge in [-0.05, 0) is 48.4 Å². The van der Waals surface area contributed by atoms with Gasteiger partial charge in [-0.15, -0.1) is 0 Å². The largest absolute Gasteiger partial charge is 0.481 e. The lowest BCUT2D eigenvalue weighted by atomic mass is 9.94. The Morgan fingerprint density at radius 3 is 2.44 bits per heavy atom. The van der Waals surface area contributed by atoms with E-state index in [0.29, 0.717) is 16.1 Å². The molecule has 4 aromatic rings. The fourth-order valence-electron chi connectivity index (χ4n) is 4.06. The number of rotatable bonds is 7. The molecule has 0 aliphatic heterocycles. The summed E-state index contributed by atoms with van der Waals surface area (Å²) in [5.74, 6) is -1.60. The van der Waals surface area contributed by atoms with Gasteiger partial charge in [-0.2, -0.15) is 0 Å². The van der Waals surface area contributed by atoms with Gasteiger partial charge >= 0.3 is 5.97 Å². The van der Waals surface area contributed by atoms with Crippen molar-refractivity contribution in [3.8, 4) is 11.3 Å². The summed E-state index contributed by atoms with van der Waals surface area (Å²) >= 11 is 9.48. The molecule has 1 heterocycles.